The van der Waals surface area contributed by atoms with Gasteiger partial charge in [-0.25, -0.2) is 4.79 Å². The number of carbonyl (C=O) groups excluding carboxylic acids is 4. The van der Waals surface area contributed by atoms with Crippen molar-refractivity contribution in [3.05, 3.63) is 63.6 Å². The highest BCUT2D eigenvalue weighted by molar-refractivity contribution is 6.40. The molecule has 40 heavy (non-hydrogen) atoms. The number of nitrogens with one attached hydrogen (secondary N) is 3. The van der Waals surface area contributed by atoms with Crippen molar-refractivity contribution in [2.24, 2.45) is 22.5 Å². The number of benzene rings is 2. The number of carbonyl (C=O) groups is 5. The van der Waals surface area contributed by atoms with E-state index >= 15 is 0 Å². The van der Waals surface area contributed by atoms with E-state index < -0.39 is 46.5 Å². The molecule has 1 fully saturated rings. The van der Waals surface area contributed by atoms with Crippen molar-refractivity contribution in [2.75, 3.05) is 11.9 Å². The molecule has 0 radical (unpaired) electrons. The smallest absolute Gasteiger partial charge is 0.326 e. The Balaban J connectivity index is 1.66. The standard InChI is InChI=1S/C28H32Cl2N4O6/c1-27(2)17(11-12-28(27,3)26(40)32-14-21(31)35)23(36)34-20(25(38)39)13-15-7-9-16(10-8-15)33-24(37)22-18(29)5-4-6-19(22)30/h4-10,17,20H,11-14H2,1-3H3,(H2,31,35)(H,32,40)(H,33,37)(H,34,36)(H,38,39)/t17-,20+,28+/m1/s1. The van der Waals surface area contributed by atoms with E-state index in [0.29, 0.717) is 24.1 Å². The number of rotatable bonds is 10. The molecule has 10 nitrogen and oxygen atoms in total. The van der Waals surface area contributed by atoms with Gasteiger partial charge in [0.05, 0.1) is 27.6 Å². The summed E-state index contributed by atoms with van der Waals surface area (Å²) in [5.74, 6) is -3.86. The van der Waals surface area contributed by atoms with E-state index in [4.69, 9.17) is 28.9 Å². The third kappa shape index (κ3) is 6.56. The number of halogens is 2. The number of carboxylic acid groups (broad SMARTS) is 1. The number of nitrogens with two attached hydrogens (primary N) is 1. The number of carboxylic acids is 1. The van der Waals surface area contributed by atoms with Crippen LogP contribution >= 0.6 is 23.2 Å². The summed E-state index contributed by atoms with van der Waals surface area (Å²) in [6.45, 7) is 4.99. The van der Waals surface area contributed by atoms with Gasteiger partial charge in [0.25, 0.3) is 5.91 Å². The molecular formula is C28H32Cl2N4O6. The minimum Gasteiger partial charge on any atom is -0.480 e. The van der Waals surface area contributed by atoms with Crippen molar-refractivity contribution in [2.45, 2.75) is 46.1 Å². The molecule has 6 N–H and O–H groups in total. The summed E-state index contributed by atoms with van der Waals surface area (Å²) in [6.07, 6.45) is 0.748. The van der Waals surface area contributed by atoms with Crippen LogP contribution in [-0.4, -0.2) is 47.3 Å². The zero-order chi connectivity index (χ0) is 29.8. The molecule has 4 amide bonds. The highest BCUT2D eigenvalue weighted by atomic mass is 35.5. The Bertz CT molecular complexity index is 1310. The minimum atomic E-state index is -1.22. The molecule has 214 valence electrons. The quantitative estimate of drug-likeness (QED) is 0.284. The van der Waals surface area contributed by atoms with E-state index in [1.54, 1.807) is 63.2 Å². The van der Waals surface area contributed by atoms with Gasteiger partial charge in [-0.3, -0.25) is 19.2 Å². The Kier molecular flexibility index (Phi) is 9.48. The molecule has 0 aliphatic heterocycles. The van der Waals surface area contributed by atoms with Gasteiger partial charge >= 0.3 is 5.97 Å². The van der Waals surface area contributed by atoms with Crippen LogP contribution in [-0.2, 0) is 25.6 Å². The average Bonchev–Trinajstić information content (AvgIpc) is 3.12. The van der Waals surface area contributed by atoms with Crippen LogP contribution in [0.2, 0.25) is 10.0 Å². The second kappa shape index (κ2) is 12.3. The van der Waals surface area contributed by atoms with Crippen molar-refractivity contribution in [1.29, 1.82) is 0 Å². The molecule has 1 aliphatic rings. The van der Waals surface area contributed by atoms with Crippen LogP contribution in [0.1, 0.15) is 49.5 Å². The first kappa shape index (κ1) is 30.9. The number of hydrogen-bond acceptors (Lipinski definition) is 5. The Morgan fingerprint density at radius 2 is 1.62 bits per heavy atom. The van der Waals surface area contributed by atoms with E-state index in [2.05, 4.69) is 16.0 Å². The molecule has 3 atom stereocenters. The van der Waals surface area contributed by atoms with Crippen LogP contribution in [0.4, 0.5) is 5.69 Å². The topological polar surface area (TPSA) is 168 Å². The predicted molar refractivity (Wildman–Crippen MR) is 151 cm³/mol. The molecule has 1 aliphatic carbocycles. The summed E-state index contributed by atoms with van der Waals surface area (Å²) >= 11 is 12.2. The largest absolute Gasteiger partial charge is 0.480 e. The molecule has 2 aromatic carbocycles. The van der Waals surface area contributed by atoms with Crippen LogP contribution in [0.3, 0.4) is 0 Å². The normalized spacial score (nSPS) is 20.3. The molecule has 0 heterocycles. The Morgan fingerprint density at radius 3 is 2.17 bits per heavy atom. The van der Waals surface area contributed by atoms with E-state index in [0.717, 1.165) is 0 Å². The van der Waals surface area contributed by atoms with Gasteiger partial charge in [0, 0.05) is 18.0 Å². The second-order valence-corrected chi connectivity index (χ2v) is 11.5. The maximum atomic E-state index is 13.3. The maximum Gasteiger partial charge on any atom is 0.326 e. The predicted octanol–water partition coefficient (Wildman–Crippen LogP) is 3.40. The van der Waals surface area contributed by atoms with Gasteiger partial charge in [-0.05, 0) is 48.1 Å². The van der Waals surface area contributed by atoms with E-state index in [9.17, 15) is 29.1 Å². The van der Waals surface area contributed by atoms with Crippen molar-refractivity contribution < 1.29 is 29.1 Å². The summed E-state index contributed by atoms with van der Waals surface area (Å²) in [4.78, 5) is 61.8. The Hall–Kier alpha value is -3.63. The van der Waals surface area contributed by atoms with Crippen molar-refractivity contribution in [3.63, 3.8) is 0 Å². The lowest BCUT2D eigenvalue weighted by molar-refractivity contribution is -0.145. The highest BCUT2D eigenvalue weighted by Gasteiger charge is 2.58. The molecule has 0 spiro atoms. The minimum absolute atomic E-state index is 0.00481. The van der Waals surface area contributed by atoms with Crippen LogP contribution in [0.25, 0.3) is 0 Å². The summed E-state index contributed by atoms with van der Waals surface area (Å²) in [5, 5.41) is 18.1. The fraction of sp³-hybridized carbons (Fsp3) is 0.393. The first-order valence-corrected chi connectivity index (χ1v) is 13.4. The Labute approximate surface area is 242 Å². The zero-order valence-corrected chi connectivity index (χ0v) is 23.9. The summed E-state index contributed by atoms with van der Waals surface area (Å²) in [7, 11) is 0. The third-order valence-corrected chi connectivity index (χ3v) is 8.55. The molecule has 2 aromatic rings. The first-order chi connectivity index (χ1) is 18.7. The molecule has 0 unspecified atom stereocenters. The Morgan fingerprint density at radius 1 is 1.02 bits per heavy atom. The average molecular weight is 591 g/mol. The number of aliphatic carboxylic acids is 1. The first-order valence-electron chi connectivity index (χ1n) is 12.6. The zero-order valence-electron chi connectivity index (χ0n) is 22.3. The SMILES string of the molecule is CC1(C)[C@@H](C(=O)N[C@@H](Cc2ccc(NC(=O)c3c(Cl)cccc3Cl)cc2)C(=O)O)CC[C@@]1(C)C(=O)NCC(N)=O. The molecule has 1 saturated carbocycles. The summed E-state index contributed by atoms with van der Waals surface area (Å²) < 4.78 is 0. The fourth-order valence-electron chi connectivity index (χ4n) is 5.07. The summed E-state index contributed by atoms with van der Waals surface area (Å²) in [6, 6.07) is 10.0. The van der Waals surface area contributed by atoms with Crippen LogP contribution < -0.4 is 21.7 Å². The lowest BCUT2D eigenvalue weighted by atomic mass is 9.65. The molecule has 0 aromatic heterocycles. The third-order valence-electron chi connectivity index (χ3n) is 7.92. The van der Waals surface area contributed by atoms with Gasteiger partial charge in [-0.2, -0.15) is 0 Å². The molecule has 3 rings (SSSR count). The van der Waals surface area contributed by atoms with Gasteiger partial charge < -0.3 is 26.8 Å². The maximum absolute atomic E-state index is 13.3. The van der Waals surface area contributed by atoms with Crippen LogP contribution in [0, 0.1) is 16.7 Å². The van der Waals surface area contributed by atoms with E-state index in [1.807, 2.05) is 0 Å². The number of hydrogen-bond donors (Lipinski definition) is 5. The lowest BCUT2D eigenvalue weighted by Crippen LogP contribution is -2.52. The second-order valence-electron chi connectivity index (χ2n) is 10.6. The number of primary amides is 1. The molecule has 12 heteroatoms. The lowest BCUT2D eigenvalue weighted by Gasteiger charge is -2.40. The molecule has 0 saturated heterocycles. The van der Waals surface area contributed by atoms with E-state index in [-0.39, 0.29) is 34.5 Å². The molecular weight excluding hydrogens is 559 g/mol. The van der Waals surface area contributed by atoms with Crippen molar-refractivity contribution in [3.8, 4) is 0 Å². The van der Waals surface area contributed by atoms with Gasteiger partial charge in [-0.15, -0.1) is 0 Å². The highest BCUT2D eigenvalue weighted by Crippen LogP contribution is 2.56. The number of anilines is 1. The van der Waals surface area contributed by atoms with Gasteiger partial charge in [0.1, 0.15) is 6.04 Å². The fourth-order valence-corrected chi connectivity index (χ4v) is 5.64. The van der Waals surface area contributed by atoms with Gasteiger partial charge in [0.15, 0.2) is 0 Å². The van der Waals surface area contributed by atoms with Crippen molar-refractivity contribution >= 4 is 58.5 Å². The monoisotopic (exact) mass is 590 g/mol. The van der Waals surface area contributed by atoms with Crippen LogP contribution in [0.15, 0.2) is 42.5 Å². The van der Waals surface area contributed by atoms with Crippen molar-refractivity contribution in [1.82, 2.24) is 10.6 Å². The van der Waals surface area contributed by atoms with Gasteiger partial charge in [-0.1, -0.05) is 62.2 Å². The summed E-state index contributed by atoms with van der Waals surface area (Å²) in [5.41, 5.74) is 4.55. The van der Waals surface area contributed by atoms with Gasteiger partial charge in [0.2, 0.25) is 17.7 Å². The molecule has 0 bridgehead atoms. The van der Waals surface area contributed by atoms with E-state index in [1.165, 1.54) is 0 Å². The van der Waals surface area contributed by atoms with Crippen LogP contribution in [0.5, 0.6) is 0 Å². The number of amides is 4.